The number of fused-ring (bicyclic) bond motifs is 4. The molecule has 0 amide bonds. The van der Waals surface area contributed by atoms with E-state index in [2.05, 4.69) is 57.5 Å². The van der Waals surface area contributed by atoms with Crippen molar-refractivity contribution in [2.75, 3.05) is 0 Å². The van der Waals surface area contributed by atoms with E-state index in [1.165, 1.54) is 31.7 Å². The van der Waals surface area contributed by atoms with Gasteiger partial charge in [0.2, 0.25) is 0 Å². The van der Waals surface area contributed by atoms with Crippen LogP contribution >= 0.6 is 23.1 Å². The van der Waals surface area contributed by atoms with Gasteiger partial charge in [0.1, 0.15) is 5.69 Å². The Balaban J connectivity index is 1.50. The maximum Gasteiger partial charge on any atom is 0.113 e. The fourth-order valence-electron chi connectivity index (χ4n) is 3.99. The first kappa shape index (κ1) is 16.1. The van der Waals surface area contributed by atoms with Crippen molar-refractivity contribution in [1.82, 2.24) is 9.97 Å². The second kappa shape index (κ2) is 6.34. The molecule has 0 fully saturated rings. The number of thiophene rings is 1. The Morgan fingerprint density at radius 3 is 2.61 bits per heavy atom. The Morgan fingerprint density at radius 1 is 0.893 bits per heavy atom. The van der Waals surface area contributed by atoms with Crippen molar-refractivity contribution in [2.24, 2.45) is 0 Å². The highest BCUT2D eigenvalue weighted by Gasteiger charge is 2.48. The highest BCUT2D eigenvalue weighted by Crippen LogP contribution is 2.62. The van der Waals surface area contributed by atoms with Crippen molar-refractivity contribution in [3.8, 4) is 11.8 Å². The Labute approximate surface area is 171 Å². The fourth-order valence-corrected chi connectivity index (χ4v) is 6.39. The number of aromatic nitrogens is 2. The lowest BCUT2D eigenvalue weighted by atomic mass is 9.72. The maximum atomic E-state index is 4.62. The summed E-state index contributed by atoms with van der Waals surface area (Å²) in [5, 5.41) is 3.90. The monoisotopic (exact) mass is 394 g/mol. The van der Waals surface area contributed by atoms with Crippen molar-refractivity contribution >= 4 is 38.8 Å². The van der Waals surface area contributed by atoms with E-state index >= 15 is 0 Å². The quantitative estimate of drug-likeness (QED) is 0.383. The molecule has 2 aliphatic rings. The van der Waals surface area contributed by atoms with Crippen LogP contribution in [0, 0.1) is 11.8 Å². The highest BCUT2D eigenvalue weighted by atomic mass is 32.2. The molecule has 1 aliphatic carbocycles. The minimum atomic E-state index is 0.347. The van der Waals surface area contributed by atoms with Gasteiger partial charge in [-0.25, -0.2) is 4.98 Å². The molecule has 0 N–H and O–H groups in total. The average molecular weight is 395 g/mol. The van der Waals surface area contributed by atoms with Crippen molar-refractivity contribution in [1.29, 1.82) is 0 Å². The van der Waals surface area contributed by atoms with Crippen LogP contribution in [0.1, 0.15) is 22.9 Å². The zero-order chi connectivity index (χ0) is 18.5. The summed E-state index contributed by atoms with van der Waals surface area (Å²) < 4.78 is 1.35. The van der Waals surface area contributed by atoms with Crippen LogP contribution in [0.4, 0.5) is 0 Å². The second-order valence-corrected chi connectivity index (χ2v) is 9.00. The maximum absolute atomic E-state index is 4.62. The summed E-state index contributed by atoms with van der Waals surface area (Å²) in [7, 11) is 0. The van der Waals surface area contributed by atoms with Gasteiger partial charge in [-0.1, -0.05) is 18.1 Å². The molecule has 1 aliphatic heterocycles. The van der Waals surface area contributed by atoms with Gasteiger partial charge < -0.3 is 0 Å². The molecule has 28 heavy (non-hydrogen) atoms. The Kier molecular flexibility index (Phi) is 3.65. The second-order valence-electron chi connectivity index (χ2n) is 6.87. The Morgan fingerprint density at radius 2 is 1.79 bits per heavy atom. The number of rotatable bonds is 1. The van der Waals surface area contributed by atoms with Gasteiger partial charge in [0.05, 0.1) is 5.69 Å². The first-order chi connectivity index (χ1) is 13.9. The lowest BCUT2D eigenvalue weighted by molar-refractivity contribution is 0.803. The molecular formula is C24H14N2S2. The summed E-state index contributed by atoms with van der Waals surface area (Å²) in [6, 6.07) is 18.9. The molecular weight excluding hydrogens is 380 g/mol. The van der Waals surface area contributed by atoms with Crippen LogP contribution in [0.25, 0.3) is 15.7 Å². The number of allylic oxidation sites excluding steroid dienone is 1. The van der Waals surface area contributed by atoms with E-state index in [4.69, 9.17) is 0 Å². The van der Waals surface area contributed by atoms with E-state index in [1.54, 1.807) is 17.5 Å². The first-order valence-electron chi connectivity index (χ1n) is 9.15. The van der Waals surface area contributed by atoms with Gasteiger partial charge in [0, 0.05) is 44.3 Å². The van der Waals surface area contributed by atoms with E-state index in [0.29, 0.717) is 11.2 Å². The topological polar surface area (TPSA) is 25.8 Å². The zero-order valence-electron chi connectivity index (χ0n) is 14.8. The molecule has 4 heteroatoms. The van der Waals surface area contributed by atoms with E-state index in [-0.39, 0.29) is 0 Å². The number of hydrogen-bond donors (Lipinski definition) is 0. The van der Waals surface area contributed by atoms with Crippen LogP contribution < -0.4 is 0 Å². The minimum absolute atomic E-state index is 0.347. The van der Waals surface area contributed by atoms with Crippen molar-refractivity contribution in [2.45, 2.75) is 16.1 Å². The zero-order valence-corrected chi connectivity index (χ0v) is 16.4. The smallest absolute Gasteiger partial charge is 0.113 e. The summed E-state index contributed by atoms with van der Waals surface area (Å²) in [5.74, 6) is 7.07. The lowest BCUT2D eigenvalue weighted by Crippen LogP contribution is -2.27. The van der Waals surface area contributed by atoms with Crippen LogP contribution in [-0.4, -0.2) is 15.2 Å². The van der Waals surface area contributed by atoms with Crippen LogP contribution in [-0.2, 0) is 0 Å². The molecule has 1 aromatic carbocycles. The number of benzene rings is 1. The molecule has 0 spiro atoms. The third-order valence-corrected chi connectivity index (χ3v) is 7.54. The van der Waals surface area contributed by atoms with Crippen LogP contribution in [0.2, 0.25) is 0 Å². The fraction of sp³-hybridized carbons (Fsp3) is 0.0833. The molecule has 0 radical (unpaired) electrons. The van der Waals surface area contributed by atoms with E-state index in [0.717, 1.165) is 11.4 Å². The lowest BCUT2D eigenvalue weighted by Gasteiger charge is -2.34. The predicted octanol–water partition coefficient (Wildman–Crippen LogP) is 5.77. The molecule has 6 rings (SSSR count). The number of nitrogens with zero attached hydrogens (tertiary/aromatic N) is 2. The van der Waals surface area contributed by atoms with E-state index < -0.39 is 0 Å². The first-order valence-corrected chi connectivity index (χ1v) is 10.9. The third kappa shape index (κ3) is 2.44. The van der Waals surface area contributed by atoms with E-state index in [9.17, 15) is 0 Å². The molecule has 0 bridgehead atoms. The Hall–Kier alpha value is -2.87. The molecule has 3 aromatic heterocycles. The average Bonchev–Trinajstić information content (AvgIpc) is 3.30. The summed E-state index contributed by atoms with van der Waals surface area (Å²) in [6.07, 6.45) is 3.65. The highest BCUT2D eigenvalue weighted by molar-refractivity contribution is 8.00. The van der Waals surface area contributed by atoms with Gasteiger partial charge in [-0.05, 0) is 64.7 Å². The molecule has 2 atom stereocenters. The normalized spacial score (nSPS) is 19.6. The minimum Gasteiger partial charge on any atom is -0.257 e. The summed E-state index contributed by atoms with van der Waals surface area (Å²) in [4.78, 5) is 10.4. The molecule has 132 valence electrons. The van der Waals surface area contributed by atoms with Gasteiger partial charge in [-0.2, -0.15) is 0 Å². The van der Waals surface area contributed by atoms with Crippen molar-refractivity contribution < 1.29 is 0 Å². The Bertz CT molecular complexity index is 1290. The molecule has 2 nitrogen and oxygen atoms in total. The molecule has 4 aromatic rings. The predicted molar refractivity (Wildman–Crippen MR) is 116 cm³/mol. The van der Waals surface area contributed by atoms with Crippen LogP contribution in [0.3, 0.4) is 0 Å². The third-order valence-electron chi connectivity index (χ3n) is 5.29. The van der Waals surface area contributed by atoms with Gasteiger partial charge in [-0.3, -0.25) is 4.98 Å². The number of hydrogen-bond acceptors (Lipinski definition) is 4. The van der Waals surface area contributed by atoms with Gasteiger partial charge in [0.25, 0.3) is 0 Å². The van der Waals surface area contributed by atoms with Crippen LogP contribution in [0.15, 0.2) is 82.8 Å². The standard InChI is InChI=1S/C24H14N2S2/c1-3-10-25-16(5-1)7-8-17-22-18-14-20-15(9-12-27-20)13-21(18)28-24(22)23(17)19-6-2-4-11-26-19/h1-6,9-14,22,24H/t22-,24+/m1/s1. The largest absolute Gasteiger partial charge is 0.257 e. The molecule has 0 saturated heterocycles. The summed E-state index contributed by atoms with van der Waals surface area (Å²) in [6.45, 7) is 0. The van der Waals surface area contributed by atoms with Crippen LogP contribution in [0.5, 0.6) is 0 Å². The summed E-state index contributed by atoms with van der Waals surface area (Å²) >= 11 is 3.76. The number of pyridine rings is 2. The SMILES string of the molecule is C(#Cc1ccccn1)C1=C(c2ccccn2)[C@H]2Sc3cc4ccsc4cc3[C@@H]12. The van der Waals surface area contributed by atoms with Crippen molar-refractivity contribution in [3.05, 3.63) is 94.9 Å². The van der Waals surface area contributed by atoms with Gasteiger partial charge >= 0.3 is 0 Å². The van der Waals surface area contributed by atoms with Crippen molar-refractivity contribution in [3.63, 3.8) is 0 Å². The molecule has 0 unspecified atom stereocenters. The van der Waals surface area contributed by atoms with E-state index in [1.807, 2.05) is 42.2 Å². The molecule has 4 heterocycles. The number of thioether (sulfide) groups is 1. The van der Waals surface area contributed by atoms with Gasteiger partial charge in [0.15, 0.2) is 0 Å². The summed E-state index contributed by atoms with van der Waals surface area (Å²) in [5.41, 5.74) is 5.72. The van der Waals surface area contributed by atoms with Gasteiger partial charge in [-0.15, -0.1) is 23.1 Å². The molecule has 0 saturated carbocycles.